The molecular formula is C43H90BrP. The third-order valence-corrected chi connectivity index (χ3v) is 11.8. The van der Waals surface area contributed by atoms with Crippen molar-refractivity contribution in [3.63, 3.8) is 0 Å². The van der Waals surface area contributed by atoms with Crippen LogP contribution in [0, 0.1) is 0 Å². The van der Waals surface area contributed by atoms with Crippen LogP contribution in [0.4, 0.5) is 0 Å². The predicted octanol–water partition coefficient (Wildman–Crippen LogP) is 13.7. The van der Waals surface area contributed by atoms with Crippen LogP contribution >= 0.6 is 7.26 Å². The van der Waals surface area contributed by atoms with Crippen molar-refractivity contribution in [2.75, 3.05) is 26.2 Å². The number of hydrogen-bond donors (Lipinski definition) is 0. The van der Waals surface area contributed by atoms with E-state index in [1.807, 2.05) is 0 Å². The van der Waals surface area contributed by atoms with Crippen LogP contribution in [0.15, 0.2) is 0 Å². The van der Waals surface area contributed by atoms with Gasteiger partial charge in [0.1, 0.15) is 0 Å². The lowest BCUT2D eigenvalue weighted by Gasteiger charge is -2.10. The number of halogens is 1. The predicted molar refractivity (Wildman–Crippen MR) is 211 cm³/mol. The summed E-state index contributed by atoms with van der Waals surface area (Å²) in [6.07, 6.45) is 58.1. The van der Waals surface area contributed by atoms with Crippen molar-refractivity contribution in [2.45, 2.75) is 251 Å². The molecule has 0 spiro atoms. The molecule has 45 heavy (non-hydrogen) atoms. The first-order valence-corrected chi connectivity index (χ1v) is 24.7. The molecule has 0 atom stereocenters. The lowest BCUT2D eigenvalue weighted by molar-refractivity contribution is -0.0000100. The highest BCUT2D eigenvalue weighted by Crippen LogP contribution is 2.47. The van der Waals surface area contributed by atoms with E-state index in [1.54, 1.807) is 0 Å². The van der Waals surface area contributed by atoms with Gasteiger partial charge in [-0.25, -0.2) is 0 Å². The average Bonchev–Trinajstić information content (AvgIpc) is 3.00. The minimum Gasteiger partial charge on any atom is -1.00 e. The summed E-state index contributed by atoms with van der Waals surface area (Å²) >= 11 is 0. The summed E-state index contributed by atoms with van der Waals surface area (Å²) in [6.45, 7) is 9.76. The quantitative estimate of drug-likeness (QED) is 0.0439. The first-order valence-electron chi connectivity index (χ1n) is 21.4. The van der Waals surface area contributed by atoms with Crippen LogP contribution in [-0.2, 0) is 0 Å². The monoisotopic (exact) mass is 717 g/mol. The summed E-state index contributed by atoms with van der Waals surface area (Å²) in [5.74, 6) is 0. The lowest BCUT2D eigenvalue weighted by Crippen LogP contribution is -3.00. The number of rotatable bonds is 39. The van der Waals surface area contributed by atoms with E-state index in [0.717, 1.165) is 0 Å². The highest BCUT2D eigenvalue weighted by molar-refractivity contribution is 7.73. The zero-order valence-corrected chi connectivity index (χ0v) is 34.9. The molecule has 274 valence electrons. The van der Waals surface area contributed by atoms with Crippen molar-refractivity contribution in [1.29, 1.82) is 0 Å². The van der Waals surface area contributed by atoms with Crippen molar-refractivity contribution < 1.29 is 17.0 Å². The topological polar surface area (TPSA) is 0 Å². The Balaban J connectivity index is 0. The van der Waals surface area contributed by atoms with E-state index >= 15 is 0 Å². The molecule has 0 fully saturated rings. The molecule has 0 bridgehead atoms. The fraction of sp³-hybridized carbons (Fsp3) is 1.00. The fourth-order valence-corrected chi connectivity index (χ4v) is 8.20. The van der Waals surface area contributed by atoms with Crippen molar-refractivity contribution in [1.82, 2.24) is 0 Å². The zero-order chi connectivity index (χ0) is 32.1. The second-order valence-corrected chi connectivity index (χ2v) is 21.1. The van der Waals surface area contributed by atoms with Gasteiger partial charge in [0.15, 0.2) is 0 Å². The molecule has 0 saturated carbocycles. The van der Waals surface area contributed by atoms with Gasteiger partial charge in [-0.3, -0.25) is 0 Å². The molecule has 0 N–H and O–H groups in total. The minimum atomic E-state index is -0.522. The minimum absolute atomic E-state index is 0. The Morgan fingerprint density at radius 1 is 0.222 bits per heavy atom. The van der Waals surface area contributed by atoms with E-state index in [1.165, 1.54) is 250 Å². The summed E-state index contributed by atoms with van der Waals surface area (Å²) in [5, 5.41) is 0. The number of unbranched alkanes of at least 4 members (excludes halogenated alkanes) is 37. The Morgan fingerprint density at radius 2 is 0.356 bits per heavy atom. The van der Waals surface area contributed by atoms with Crippen molar-refractivity contribution in [3.8, 4) is 0 Å². The molecule has 0 rings (SSSR count). The molecule has 0 aliphatic rings. The molecule has 2 heteroatoms. The molecule has 0 saturated heterocycles. The molecule has 0 aromatic heterocycles. The van der Waals surface area contributed by atoms with Gasteiger partial charge in [0, 0.05) is 27.3 Å². The van der Waals surface area contributed by atoms with Crippen LogP contribution in [0.2, 0.25) is 0 Å². The van der Waals surface area contributed by atoms with Gasteiger partial charge < -0.3 is 17.0 Å². The Hall–Kier alpha value is 0.910. The summed E-state index contributed by atoms with van der Waals surface area (Å²) < 4.78 is 0. The normalized spacial score (nSPS) is 11.7. The Morgan fingerprint density at radius 3 is 0.489 bits per heavy atom. The van der Waals surface area contributed by atoms with Gasteiger partial charge in [0.25, 0.3) is 0 Å². The van der Waals surface area contributed by atoms with E-state index < -0.39 is 7.26 Å². The summed E-state index contributed by atoms with van der Waals surface area (Å²) in [6, 6.07) is 0. The highest BCUT2D eigenvalue weighted by atomic mass is 79.9. The van der Waals surface area contributed by atoms with Gasteiger partial charge in [0.2, 0.25) is 0 Å². The van der Waals surface area contributed by atoms with Crippen LogP contribution in [0.3, 0.4) is 0 Å². The summed E-state index contributed by atoms with van der Waals surface area (Å²) in [4.78, 5) is 0. The summed E-state index contributed by atoms with van der Waals surface area (Å²) in [5.41, 5.74) is 0. The SMILES string of the molecule is CCCCCCCCCCCCCCCCCCCCCCCCCCCCCCCCCCCCCCCC[P+](C)(C)C.[Br-]. The van der Waals surface area contributed by atoms with Crippen LogP contribution in [0.1, 0.15) is 251 Å². The second-order valence-electron chi connectivity index (χ2n) is 16.1. The second kappa shape index (κ2) is 41.1. The maximum atomic E-state index is 2.48. The maximum Gasteiger partial charge on any atom is 0.0586 e. The van der Waals surface area contributed by atoms with Crippen LogP contribution in [0.5, 0.6) is 0 Å². The fourth-order valence-electron chi connectivity index (χ4n) is 7.02. The zero-order valence-electron chi connectivity index (χ0n) is 32.4. The lowest BCUT2D eigenvalue weighted by atomic mass is 10.0. The Labute approximate surface area is 300 Å². The van der Waals surface area contributed by atoms with Crippen LogP contribution in [-0.4, -0.2) is 26.2 Å². The van der Waals surface area contributed by atoms with E-state index in [0.29, 0.717) is 0 Å². The standard InChI is InChI=1S/C43H90P.BrH/c1-5-6-7-8-9-10-11-12-13-14-15-16-17-18-19-20-21-22-23-24-25-26-27-28-29-30-31-32-33-34-35-36-37-38-39-40-41-42-43-44(2,3)4;/h5-43H2,1-4H3;1H/q+1;/p-1. The third-order valence-electron chi connectivity index (χ3n) is 10.2. The molecule has 0 aromatic rings. The first-order chi connectivity index (χ1) is 21.6. The molecule has 0 heterocycles. The molecule has 0 radical (unpaired) electrons. The molecule has 0 aromatic carbocycles. The van der Waals surface area contributed by atoms with E-state index in [4.69, 9.17) is 0 Å². The smallest absolute Gasteiger partial charge is 0.0586 e. The van der Waals surface area contributed by atoms with Gasteiger partial charge in [-0.1, -0.05) is 238 Å². The van der Waals surface area contributed by atoms with Gasteiger partial charge in [-0.2, -0.15) is 0 Å². The van der Waals surface area contributed by atoms with Gasteiger partial charge in [-0.05, 0) is 12.8 Å². The molecule has 0 nitrogen and oxygen atoms in total. The largest absolute Gasteiger partial charge is 1.00 e. The summed E-state index contributed by atoms with van der Waals surface area (Å²) in [7, 11) is -0.522. The maximum absolute atomic E-state index is 2.48. The van der Waals surface area contributed by atoms with E-state index in [-0.39, 0.29) is 17.0 Å². The van der Waals surface area contributed by atoms with Gasteiger partial charge >= 0.3 is 0 Å². The molecule has 0 amide bonds. The van der Waals surface area contributed by atoms with Crippen molar-refractivity contribution in [3.05, 3.63) is 0 Å². The van der Waals surface area contributed by atoms with Crippen molar-refractivity contribution >= 4 is 7.26 Å². The van der Waals surface area contributed by atoms with Gasteiger partial charge in [0.05, 0.1) is 6.16 Å². The van der Waals surface area contributed by atoms with Gasteiger partial charge in [-0.15, -0.1) is 0 Å². The van der Waals surface area contributed by atoms with Crippen LogP contribution < -0.4 is 17.0 Å². The third kappa shape index (κ3) is 47.1. The van der Waals surface area contributed by atoms with E-state index in [9.17, 15) is 0 Å². The first kappa shape index (κ1) is 48.0. The van der Waals surface area contributed by atoms with Crippen molar-refractivity contribution in [2.24, 2.45) is 0 Å². The average molecular weight is 718 g/mol. The Kier molecular flexibility index (Phi) is 43.8. The molecule has 0 aliphatic carbocycles. The molecular weight excluding hydrogens is 627 g/mol. The molecule has 0 unspecified atom stereocenters. The van der Waals surface area contributed by atoms with Crippen LogP contribution in [0.25, 0.3) is 0 Å². The number of hydrogen-bond acceptors (Lipinski definition) is 0. The molecule has 0 aliphatic heterocycles. The Bertz CT molecular complexity index is 499. The highest BCUT2D eigenvalue weighted by Gasteiger charge is 2.15. The van der Waals surface area contributed by atoms with E-state index in [2.05, 4.69) is 26.9 Å².